The molecule has 0 bridgehead atoms. The summed E-state index contributed by atoms with van der Waals surface area (Å²) in [6.07, 6.45) is 7.01. The lowest BCUT2D eigenvalue weighted by Gasteiger charge is -2.32. The zero-order valence-corrected chi connectivity index (χ0v) is 13.2. The lowest BCUT2D eigenvalue weighted by molar-refractivity contribution is 0.00578. The largest absolute Gasteiger partial charge is 0.487 e. The van der Waals surface area contributed by atoms with E-state index in [1.807, 2.05) is 24.4 Å². The van der Waals surface area contributed by atoms with Gasteiger partial charge < -0.3 is 14.6 Å². The minimum Gasteiger partial charge on any atom is -0.400 e. The number of nitrogens with zero attached hydrogens (tertiary/aromatic N) is 1. The van der Waals surface area contributed by atoms with Crippen molar-refractivity contribution in [2.45, 2.75) is 51.4 Å². The lowest BCUT2D eigenvalue weighted by atomic mass is 9.89. The summed E-state index contributed by atoms with van der Waals surface area (Å²) in [6, 6.07) is 2.63. The van der Waals surface area contributed by atoms with Crippen LogP contribution in [-0.4, -0.2) is 29.8 Å². The summed E-state index contributed by atoms with van der Waals surface area (Å²) in [4.78, 5) is 4.32. The van der Waals surface area contributed by atoms with Gasteiger partial charge in [-0.3, -0.25) is 4.98 Å². The molecule has 2 fully saturated rings. The highest BCUT2D eigenvalue weighted by atomic mass is 16.7. The molecule has 1 aromatic heterocycles. The molecule has 1 unspecified atom stereocenters. The normalized spacial score (nSPS) is 27.0. The fraction of sp³-hybridized carbons (Fsp3) is 0.562. The minimum absolute atomic E-state index is 0.294. The molecule has 1 atom stereocenters. The van der Waals surface area contributed by atoms with Gasteiger partial charge in [0.05, 0.1) is 11.2 Å². The molecule has 0 radical (unpaired) electrons. The predicted molar refractivity (Wildman–Crippen MR) is 84.7 cm³/mol. The first-order chi connectivity index (χ1) is 9.87. The van der Waals surface area contributed by atoms with E-state index in [0.29, 0.717) is 6.04 Å². The third kappa shape index (κ3) is 2.91. The second kappa shape index (κ2) is 5.23. The van der Waals surface area contributed by atoms with Crippen molar-refractivity contribution in [3.8, 4) is 0 Å². The molecule has 112 valence electrons. The van der Waals surface area contributed by atoms with E-state index in [2.05, 4.69) is 44.1 Å². The molecule has 2 saturated heterocycles. The van der Waals surface area contributed by atoms with Crippen LogP contribution in [0.2, 0.25) is 0 Å². The van der Waals surface area contributed by atoms with E-state index in [-0.39, 0.29) is 18.3 Å². The Labute approximate surface area is 127 Å². The van der Waals surface area contributed by atoms with E-state index in [1.165, 1.54) is 12.0 Å². The Hall–Kier alpha value is -1.17. The van der Waals surface area contributed by atoms with Crippen molar-refractivity contribution < 1.29 is 9.31 Å². The molecule has 0 saturated carbocycles. The Balaban J connectivity index is 1.69. The Bertz CT molecular complexity index is 537. The predicted octanol–water partition coefficient (Wildman–Crippen LogP) is 2.76. The number of hydrogen-bond donors (Lipinski definition) is 1. The number of aromatic nitrogens is 1. The van der Waals surface area contributed by atoms with Gasteiger partial charge in [0.2, 0.25) is 0 Å². The van der Waals surface area contributed by atoms with Gasteiger partial charge in [0.25, 0.3) is 0 Å². The molecule has 0 amide bonds. The van der Waals surface area contributed by atoms with Gasteiger partial charge in [0, 0.05) is 18.4 Å². The zero-order valence-electron chi connectivity index (χ0n) is 13.2. The van der Waals surface area contributed by atoms with Crippen molar-refractivity contribution >= 4 is 13.2 Å². The lowest BCUT2D eigenvalue weighted by Crippen LogP contribution is -2.41. The van der Waals surface area contributed by atoms with E-state index in [9.17, 15) is 0 Å². The van der Waals surface area contributed by atoms with Crippen LogP contribution < -0.4 is 5.32 Å². The molecule has 0 aliphatic carbocycles. The van der Waals surface area contributed by atoms with Crippen LogP contribution >= 0.6 is 0 Å². The zero-order chi connectivity index (χ0) is 15.1. The Kier molecular flexibility index (Phi) is 3.68. The highest BCUT2D eigenvalue weighted by Crippen LogP contribution is 2.37. The Morgan fingerprint density at radius 2 is 1.90 bits per heavy atom. The van der Waals surface area contributed by atoms with Crippen molar-refractivity contribution in [1.29, 1.82) is 0 Å². The van der Waals surface area contributed by atoms with Crippen LogP contribution in [0.3, 0.4) is 0 Å². The summed E-state index contributed by atoms with van der Waals surface area (Å²) in [5.74, 6) is 1.96. The van der Waals surface area contributed by atoms with E-state index in [1.54, 1.807) is 0 Å². The molecule has 1 aromatic rings. The van der Waals surface area contributed by atoms with Gasteiger partial charge in [-0.1, -0.05) is 12.1 Å². The minimum atomic E-state index is -0.305. The fourth-order valence-electron chi connectivity index (χ4n) is 2.49. The molecule has 4 nitrogen and oxygen atoms in total. The quantitative estimate of drug-likeness (QED) is 0.868. The second-order valence-corrected chi connectivity index (χ2v) is 6.83. The molecule has 3 rings (SSSR count). The summed E-state index contributed by atoms with van der Waals surface area (Å²) in [6.45, 7) is 9.34. The first-order valence-corrected chi connectivity index (χ1v) is 7.60. The standard InChI is InChI=1S/C16H23BN2O2/c1-15(2)16(3,4)21-17(20-15)7-5-12-9-13(11-18-10-12)14-6-8-19-14/h5,7,9-11,14,19H,6,8H2,1-4H3/b7-5+. The summed E-state index contributed by atoms with van der Waals surface area (Å²) in [7, 11) is -0.305. The van der Waals surface area contributed by atoms with Crippen LogP contribution in [0.5, 0.6) is 0 Å². The van der Waals surface area contributed by atoms with Crippen LogP contribution in [-0.2, 0) is 9.31 Å². The fourth-order valence-corrected chi connectivity index (χ4v) is 2.49. The maximum atomic E-state index is 5.95. The van der Waals surface area contributed by atoms with E-state index < -0.39 is 0 Å². The van der Waals surface area contributed by atoms with E-state index >= 15 is 0 Å². The summed E-state index contributed by atoms with van der Waals surface area (Å²) in [5.41, 5.74) is 1.74. The topological polar surface area (TPSA) is 43.4 Å². The van der Waals surface area contributed by atoms with Crippen LogP contribution in [0.1, 0.15) is 51.3 Å². The summed E-state index contributed by atoms with van der Waals surface area (Å²) < 4.78 is 11.9. The monoisotopic (exact) mass is 286 g/mol. The number of nitrogens with one attached hydrogen (secondary N) is 1. The van der Waals surface area contributed by atoms with Gasteiger partial charge in [-0.15, -0.1) is 0 Å². The molecule has 2 aliphatic rings. The van der Waals surface area contributed by atoms with Crippen LogP contribution in [0.15, 0.2) is 24.4 Å². The maximum absolute atomic E-state index is 5.95. The van der Waals surface area contributed by atoms with Gasteiger partial charge in [0.15, 0.2) is 0 Å². The molecule has 5 heteroatoms. The summed E-state index contributed by atoms with van der Waals surface area (Å²) >= 11 is 0. The SMILES string of the molecule is CC1(C)OB(/C=C/c2cncc(C3CCN3)c2)OC1(C)C. The molecular weight excluding hydrogens is 263 g/mol. The number of hydrogen-bond acceptors (Lipinski definition) is 4. The van der Waals surface area contributed by atoms with Gasteiger partial charge in [-0.05, 0) is 57.9 Å². The molecule has 2 aliphatic heterocycles. The van der Waals surface area contributed by atoms with Crippen molar-refractivity contribution in [1.82, 2.24) is 10.3 Å². The van der Waals surface area contributed by atoms with Crippen LogP contribution in [0.25, 0.3) is 6.08 Å². The van der Waals surface area contributed by atoms with Crippen molar-refractivity contribution in [3.63, 3.8) is 0 Å². The van der Waals surface area contributed by atoms with Crippen molar-refractivity contribution in [3.05, 3.63) is 35.6 Å². The average molecular weight is 286 g/mol. The third-order valence-electron chi connectivity index (χ3n) is 4.72. The maximum Gasteiger partial charge on any atom is 0.487 e. The molecule has 21 heavy (non-hydrogen) atoms. The van der Waals surface area contributed by atoms with Crippen LogP contribution in [0, 0.1) is 0 Å². The number of rotatable bonds is 3. The first-order valence-electron chi connectivity index (χ1n) is 7.60. The number of pyridine rings is 1. The smallest absolute Gasteiger partial charge is 0.400 e. The van der Waals surface area contributed by atoms with Gasteiger partial charge in [-0.2, -0.15) is 0 Å². The average Bonchev–Trinajstić information content (AvgIpc) is 2.54. The molecule has 1 N–H and O–H groups in total. The first kappa shape index (κ1) is 14.8. The second-order valence-electron chi connectivity index (χ2n) is 6.83. The van der Waals surface area contributed by atoms with E-state index in [0.717, 1.165) is 12.1 Å². The van der Waals surface area contributed by atoms with Gasteiger partial charge in [0.1, 0.15) is 0 Å². The molecule has 0 aromatic carbocycles. The molecule has 3 heterocycles. The Morgan fingerprint density at radius 3 is 2.48 bits per heavy atom. The van der Waals surface area contributed by atoms with Crippen molar-refractivity contribution in [2.75, 3.05) is 6.54 Å². The van der Waals surface area contributed by atoms with Gasteiger partial charge in [-0.25, -0.2) is 0 Å². The van der Waals surface area contributed by atoms with E-state index in [4.69, 9.17) is 9.31 Å². The third-order valence-corrected chi connectivity index (χ3v) is 4.72. The highest BCUT2D eigenvalue weighted by Gasteiger charge is 2.49. The summed E-state index contributed by atoms with van der Waals surface area (Å²) in [5, 5.41) is 3.39. The van der Waals surface area contributed by atoms with Gasteiger partial charge >= 0.3 is 7.12 Å². The Morgan fingerprint density at radius 1 is 1.24 bits per heavy atom. The molecule has 0 spiro atoms. The molecular formula is C16H23BN2O2. The highest BCUT2D eigenvalue weighted by molar-refractivity contribution is 6.52. The van der Waals surface area contributed by atoms with Crippen molar-refractivity contribution in [2.24, 2.45) is 0 Å². The van der Waals surface area contributed by atoms with Crippen LogP contribution in [0.4, 0.5) is 0 Å².